The van der Waals surface area contributed by atoms with E-state index in [4.69, 9.17) is 13.9 Å². The predicted octanol–water partition coefficient (Wildman–Crippen LogP) is 4.80. The van der Waals surface area contributed by atoms with Crippen LogP contribution in [0.5, 0.6) is 5.75 Å². The van der Waals surface area contributed by atoms with Gasteiger partial charge >= 0.3 is 5.97 Å². The van der Waals surface area contributed by atoms with Crippen molar-refractivity contribution in [3.8, 4) is 28.0 Å². The van der Waals surface area contributed by atoms with Crippen molar-refractivity contribution in [1.82, 2.24) is 0 Å². The number of carbonyl (C=O) groups is 1. The first-order chi connectivity index (χ1) is 11.7. The molecular weight excluding hydrogens is 304 g/mol. The van der Waals surface area contributed by atoms with Crippen LogP contribution in [0, 0.1) is 0 Å². The van der Waals surface area contributed by atoms with Crippen molar-refractivity contribution >= 4 is 5.97 Å². The van der Waals surface area contributed by atoms with E-state index in [-0.39, 0.29) is 5.76 Å². The second kappa shape index (κ2) is 7.04. The molecule has 0 atom stereocenters. The Morgan fingerprint density at radius 3 is 2.33 bits per heavy atom. The number of furan rings is 1. The molecule has 1 aromatic heterocycles. The van der Waals surface area contributed by atoms with Crippen molar-refractivity contribution in [1.29, 1.82) is 0 Å². The molecule has 0 saturated carbocycles. The van der Waals surface area contributed by atoms with Gasteiger partial charge in [0.15, 0.2) is 0 Å². The van der Waals surface area contributed by atoms with Crippen LogP contribution in [0.15, 0.2) is 65.3 Å². The Morgan fingerprint density at radius 1 is 1.00 bits per heavy atom. The number of esters is 1. The van der Waals surface area contributed by atoms with Gasteiger partial charge in [-0.3, -0.25) is 0 Å². The lowest BCUT2D eigenvalue weighted by molar-refractivity contribution is 0.0491. The van der Waals surface area contributed by atoms with Gasteiger partial charge in [-0.1, -0.05) is 42.5 Å². The molecule has 0 aliphatic carbocycles. The van der Waals surface area contributed by atoms with E-state index in [9.17, 15) is 4.79 Å². The summed E-state index contributed by atoms with van der Waals surface area (Å²) in [6, 6.07) is 17.3. The van der Waals surface area contributed by atoms with E-state index in [0.29, 0.717) is 6.61 Å². The highest BCUT2D eigenvalue weighted by Gasteiger charge is 2.23. The van der Waals surface area contributed by atoms with Crippen LogP contribution in [0.25, 0.3) is 22.3 Å². The number of methoxy groups -OCH3 is 1. The van der Waals surface area contributed by atoms with Crippen LogP contribution in [0.2, 0.25) is 0 Å². The van der Waals surface area contributed by atoms with Crippen LogP contribution >= 0.6 is 0 Å². The smallest absolute Gasteiger partial charge is 0.374 e. The standard InChI is InChI=1S/C20H18O4/c1-3-23-20(21)19-18(15-7-5-4-6-8-15)17(13-24-19)14-9-11-16(22-2)12-10-14/h4-13H,3H2,1-2H3. The molecule has 4 heteroatoms. The Morgan fingerprint density at radius 2 is 1.71 bits per heavy atom. The number of benzene rings is 2. The van der Waals surface area contributed by atoms with E-state index in [2.05, 4.69) is 0 Å². The van der Waals surface area contributed by atoms with Gasteiger partial charge in [0.2, 0.25) is 5.76 Å². The highest BCUT2D eigenvalue weighted by molar-refractivity contribution is 6.00. The van der Waals surface area contributed by atoms with Crippen molar-refractivity contribution in [2.24, 2.45) is 0 Å². The van der Waals surface area contributed by atoms with Crippen molar-refractivity contribution in [3.63, 3.8) is 0 Å². The van der Waals surface area contributed by atoms with E-state index < -0.39 is 5.97 Å². The molecule has 0 N–H and O–H groups in total. The zero-order valence-electron chi connectivity index (χ0n) is 13.6. The van der Waals surface area contributed by atoms with Gasteiger partial charge in [-0.05, 0) is 30.2 Å². The molecule has 4 nitrogen and oxygen atoms in total. The minimum atomic E-state index is -0.462. The highest BCUT2D eigenvalue weighted by atomic mass is 16.5. The van der Waals surface area contributed by atoms with Gasteiger partial charge in [0.25, 0.3) is 0 Å². The zero-order chi connectivity index (χ0) is 16.9. The summed E-state index contributed by atoms with van der Waals surface area (Å²) in [6.45, 7) is 2.07. The number of rotatable bonds is 5. The van der Waals surface area contributed by atoms with Crippen LogP contribution in [0.4, 0.5) is 0 Å². The maximum absolute atomic E-state index is 12.2. The minimum Gasteiger partial charge on any atom is -0.497 e. The summed E-state index contributed by atoms with van der Waals surface area (Å²) in [6.07, 6.45) is 1.59. The normalized spacial score (nSPS) is 10.4. The topological polar surface area (TPSA) is 48.7 Å². The summed E-state index contributed by atoms with van der Waals surface area (Å²) < 4.78 is 15.9. The summed E-state index contributed by atoms with van der Waals surface area (Å²) in [5.74, 6) is 0.527. The quantitative estimate of drug-likeness (QED) is 0.633. The average molecular weight is 322 g/mol. The molecule has 0 radical (unpaired) electrons. The van der Waals surface area contributed by atoms with Gasteiger partial charge in [-0.2, -0.15) is 0 Å². The monoisotopic (exact) mass is 322 g/mol. The van der Waals surface area contributed by atoms with Crippen LogP contribution < -0.4 is 4.74 Å². The van der Waals surface area contributed by atoms with Crippen molar-refractivity contribution in [3.05, 3.63) is 66.6 Å². The third-order valence-electron chi connectivity index (χ3n) is 3.72. The summed E-state index contributed by atoms with van der Waals surface area (Å²) in [7, 11) is 1.63. The van der Waals surface area contributed by atoms with E-state index in [0.717, 1.165) is 28.0 Å². The fourth-order valence-corrected chi connectivity index (χ4v) is 2.58. The third-order valence-corrected chi connectivity index (χ3v) is 3.72. The van der Waals surface area contributed by atoms with Crippen LogP contribution in [-0.4, -0.2) is 19.7 Å². The van der Waals surface area contributed by atoms with Gasteiger partial charge in [0, 0.05) is 11.1 Å². The zero-order valence-corrected chi connectivity index (χ0v) is 13.6. The van der Waals surface area contributed by atoms with E-state index in [1.165, 1.54) is 0 Å². The molecule has 1 heterocycles. The van der Waals surface area contributed by atoms with E-state index >= 15 is 0 Å². The van der Waals surface area contributed by atoms with Crippen LogP contribution in [0.3, 0.4) is 0 Å². The molecule has 0 bridgehead atoms. The first kappa shape index (κ1) is 15.9. The number of hydrogen-bond acceptors (Lipinski definition) is 4. The molecule has 0 aliphatic rings. The molecule has 122 valence electrons. The predicted molar refractivity (Wildman–Crippen MR) is 92.1 cm³/mol. The maximum Gasteiger partial charge on any atom is 0.374 e. The highest BCUT2D eigenvalue weighted by Crippen LogP contribution is 2.37. The molecule has 3 rings (SSSR count). The Kier molecular flexibility index (Phi) is 4.66. The second-order valence-corrected chi connectivity index (χ2v) is 5.17. The SMILES string of the molecule is CCOC(=O)c1occ(-c2ccc(OC)cc2)c1-c1ccccc1. The van der Waals surface area contributed by atoms with E-state index in [1.807, 2.05) is 54.6 Å². The summed E-state index contributed by atoms with van der Waals surface area (Å²) >= 11 is 0. The van der Waals surface area contributed by atoms with Gasteiger partial charge in [-0.25, -0.2) is 4.79 Å². The Labute approximate surface area is 140 Å². The van der Waals surface area contributed by atoms with Gasteiger partial charge in [0.1, 0.15) is 12.0 Å². The fraction of sp³-hybridized carbons (Fsp3) is 0.150. The number of ether oxygens (including phenoxy) is 2. The largest absolute Gasteiger partial charge is 0.497 e. The molecule has 0 saturated heterocycles. The lowest BCUT2D eigenvalue weighted by Crippen LogP contribution is -2.04. The number of carbonyl (C=O) groups excluding carboxylic acids is 1. The van der Waals surface area contributed by atoms with Gasteiger partial charge in [-0.15, -0.1) is 0 Å². The molecule has 0 unspecified atom stereocenters. The Balaban J connectivity index is 2.13. The molecule has 0 amide bonds. The average Bonchev–Trinajstić information content (AvgIpc) is 3.08. The van der Waals surface area contributed by atoms with Crippen molar-refractivity contribution < 1.29 is 18.7 Å². The Bertz CT molecular complexity index is 817. The molecule has 2 aromatic carbocycles. The molecule has 24 heavy (non-hydrogen) atoms. The third kappa shape index (κ3) is 3.04. The first-order valence-electron chi connectivity index (χ1n) is 7.73. The maximum atomic E-state index is 12.2. The summed E-state index contributed by atoms with van der Waals surface area (Å²) in [5.41, 5.74) is 3.42. The van der Waals surface area contributed by atoms with E-state index in [1.54, 1.807) is 20.3 Å². The van der Waals surface area contributed by atoms with Crippen LogP contribution in [0.1, 0.15) is 17.5 Å². The van der Waals surface area contributed by atoms with Gasteiger partial charge in [0.05, 0.1) is 13.7 Å². The molecule has 0 spiro atoms. The van der Waals surface area contributed by atoms with Gasteiger partial charge < -0.3 is 13.9 Å². The minimum absolute atomic E-state index is 0.217. The lowest BCUT2D eigenvalue weighted by atomic mass is 9.97. The summed E-state index contributed by atoms with van der Waals surface area (Å²) in [4.78, 5) is 12.2. The summed E-state index contributed by atoms with van der Waals surface area (Å²) in [5, 5.41) is 0. The lowest BCUT2D eigenvalue weighted by Gasteiger charge is -2.07. The molecule has 0 fully saturated rings. The fourth-order valence-electron chi connectivity index (χ4n) is 2.58. The van der Waals surface area contributed by atoms with Crippen molar-refractivity contribution in [2.75, 3.05) is 13.7 Å². The molecule has 0 aliphatic heterocycles. The number of hydrogen-bond donors (Lipinski definition) is 0. The molecule has 3 aromatic rings. The van der Waals surface area contributed by atoms with Crippen LogP contribution in [-0.2, 0) is 4.74 Å². The second-order valence-electron chi connectivity index (χ2n) is 5.17. The molecular formula is C20H18O4. The first-order valence-corrected chi connectivity index (χ1v) is 7.73. The Hall–Kier alpha value is -3.01. The van der Waals surface area contributed by atoms with Crippen molar-refractivity contribution in [2.45, 2.75) is 6.92 Å².